The van der Waals surface area contributed by atoms with Crippen molar-refractivity contribution in [2.24, 2.45) is 5.41 Å². The third-order valence-electron chi connectivity index (χ3n) is 3.53. The van der Waals surface area contributed by atoms with Crippen LogP contribution >= 0.6 is 11.3 Å². The van der Waals surface area contributed by atoms with E-state index in [0.717, 1.165) is 10.4 Å². The van der Waals surface area contributed by atoms with Crippen LogP contribution in [0.2, 0.25) is 0 Å². The molecule has 0 bridgehead atoms. The lowest BCUT2D eigenvalue weighted by molar-refractivity contribution is -0.150. The summed E-state index contributed by atoms with van der Waals surface area (Å²) in [5.41, 5.74) is -0.819. The Balaban J connectivity index is 2.25. The van der Waals surface area contributed by atoms with E-state index in [1.165, 1.54) is 6.92 Å². The third kappa shape index (κ3) is 3.02. The predicted octanol–water partition coefficient (Wildman–Crippen LogP) is 2.49. The summed E-state index contributed by atoms with van der Waals surface area (Å²) in [6, 6.07) is 0. The lowest BCUT2D eigenvalue weighted by Crippen LogP contribution is -2.48. The van der Waals surface area contributed by atoms with Crippen molar-refractivity contribution in [3.8, 4) is 0 Å². The van der Waals surface area contributed by atoms with E-state index in [-0.39, 0.29) is 13.1 Å². The fourth-order valence-electron chi connectivity index (χ4n) is 2.34. The number of carboxylic acids is 1. The van der Waals surface area contributed by atoms with E-state index in [2.05, 4.69) is 4.98 Å². The largest absolute Gasteiger partial charge is 0.481 e. The smallest absolute Gasteiger partial charge is 0.427 e. The van der Waals surface area contributed by atoms with Crippen molar-refractivity contribution in [3.05, 3.63) is 16.1 Å². The van der Waals surface area contributed by atoms with Gasteiger partial charge < -0.3 is 10.0 Å². The van der Waals surface area contributed by atoms with Gasteiger partial charge in [-0.25, -0.2) is 4.98 Å². The summed E-state index contributed by atoms with van der Waals surface area (Å²) in [5, 5.41) is 9.18. The third-order valence-corrected chi connectivity index (χ3v) is 4.40. The van der Waals surface area contributed by atoms with Gasteiger partial charge in [-0.2, -0.15) is 13.2 Å². The van der Waals surface area contributed by atoms with Crippen molar-refractivity contribution in [2.75, 3.05) is 13.1 Å². The summed E-state index contributed by atoms with van der Waals surface area (Å²) in [5.74, 6) is -1.93. The molecular weight excluding hydrogens is 309 g/mol. The molecule has 1 fully saturated rings. The van der Waals surface area contributed by atoms with Crippen molar-refractivity contribution in [1.82, 2.24) is 9.88 Å². The second-order valence-electron chi connectivity index (χ2n) is 5.22. The molecule has 0 spiro atoms. The number of nitrogens with zero attached hydrogens (tertiary/aromatic N) is 2. The van der Waals surface area contributed by atoms with Crippen LogP contribution < -0.4 is 0 Å². The van der Waals surface area contributed by atoms with Crippen molar-refractivity contribution in [1.29, 1.82) is 0 Å². The molecule has 1 unspecified atom stereocenters. The number of piperidine rings is 1. The molecule has 1 aliphatic heterocycles. The van der Waals surface area contributed by atoms with Gasteiger partial charge in [0, 0.05) is 13.1 Å². The number of alkyl halides is 3. The Morgan fingerprint density at radius 1 is 1.48 bits per heavy atom. The number of carboxylic acid groups (broad SMARTS) is 1. The van der Waals surface area contributed by atoms with E-state index in [4.69, 9.17) is 0 Å². The Labute approximate surface area is 122 Å². The van der Waals surface area contributed by atoms with Crippen molar-refractivity contribution in [3.63, 3.8) is 0 Å². The molecule has 0 aromatic carbocycles. The molecule has 0 radical (unpaired) electrons. The average Bonchev–Trinajstić information content (AvgIpc) is 2.86. The first-order valence-electron chi connectivity index (χ1n) is 6.18. The van der Waals surface area contributed by atoms with E-state index in [1.54, 1.807) is 0 Å². The Morgan fingerprint density at radius 2 is 2.14 bits per heavy atom. The average molecular weight is 322 g/mol. The molecule has 1 atom stereocenters. The lowest BCUT2D eigenvalue weighted by Gasteiger charge is -2.37. The fourth-order valence-corrected chi connectivity index (χ4v) is 2.99. The van der Waals surface area contributed by atoms with Crippen LogP contribution in [0, 0.1) is 5.41 Å². The number of aromatic nitrogens is 1. The summed E-state index contributed by atoms with van der Waals surface area (Å²) in [6.45, 7) is 1.60. The minimum absolute atomic E-state index is 0.115. The van der Waals surface area contributed by atoms with Crippen LogP contribution in [-0.2, 0) is 11.0 Å². The van der Waals surface area contributed by atoms with E-state index in [1.807, 2.05) is 0 Å². The highest BCUT2D eigenvalue weighted by atomic mass is 32.1. The highest BCUT2D eigenvalue weighted by molar-refractivity contribution is 7.10. The standard InChI is InChI=1S/C12H13F3N2O3S/c1-11(10(19)20)3-2-4-17(5-11)9(18)7-8(12(13,14)15)21-6-16-7/h6H,2-5H2,1H3,(H,19,20). The number of carbonyl (C=O) groups excluding carboxylic acids is 1. The Hall–Kier alpha value is -1.64. The summed E-state index contributed by atoms with van der Waals surface area (Å²) < 4.78 is 38.4. The zero-order valence-corrected chi connectivity index (χ0v) is 11.9. The second-order valence-corrected chi connectivity index (χ2v) is 6.08. The topological polar surface area (TPSA) is 70.5 Å². The van der Waals surface area contributed by atoms with Crippen LogP contribution in [0.3, 0.4) is 0 Å². The molecule has 0 saturated carbocycles. The van der Waals surface area contributed by atoms with Gasteiger partial charge in [0.05, 0.1) is 10.9 Å². The Bertz CT molecular complexity index is 572. The van der Waals surface area contributed by atoms with Crippen LogP contribution in [0.15, 0.2) is 5.51 Å². The van der Waals surface area contributed by atoms with Gasteiger partial charge in [0.1, 0.15) is 4.88 Å². The van der Waals surface area contributed by atoms with Gasteiger partial charge in [0.2, 0.25) is 0 Å². The molecule has 1 amide bonds. The highest BCUT2D eigenvalue weighted by Gasteiger charge is 2.43. The number of likely N-dealkylation sites (tertiary alicyclic amines) is 1. The maximum Gasteiger partial charge on any atom is 0.427 e. The molecule has 116 valence electrons. The van der Waals surface area contributed by atoms with Gasteiger partial charge in [-0.15, -0.1) is 11.3 Å². The van der Waals surface area contributed by atoms with Gasteiger partial charge in [-0.1, -0.05) is 0 Å². The van der Waals surface area contributed by atoms with E-state index >= 15 is 0 Å². The van der Waals surface area contributed by atoms with Crippen LogP contribution in [0.25, 0.3) is 0 Å². The number of halogens is 3. The quantitative estimate of drug-likeness (QED) is 0.908. The summed E-state index contributed by atoms with van der Waals surface area (Å²) in [7, 11) is 0. The maximum absolute atomic E-state index is 12.8. The minimum Gasteiger partial charge on any atom is -0.481 e. The molecule has 1 aromatic rings. The zero-order chi connectivity index (χ0) is 15.8. The fraction of sp³-hybridized carbons (Fsp3) is 0.583. The molecule has 1 saturated heterocycles. The van der Waals surface area contributed by atoms with Crippen molar-refractivity contribution < 1.29 is 27.9 Å². The number of carbonyl (C=O) groups is 2. The summed E-state index contributed by atoms with van der Waals surface area (Å²) in [4.78, 5) is 27.0. The van der Waals surface area contributed by atoms with Gasteiger partial charge in [-0.3, -0.25) is 9.59 Å². The Morgan fingerprint density at radius 3 is 2.71 bits per heavy atom. The molecule has 0 aliphatic carbocycles. The zero-order valence-electron chi connectivity index (χ0n) is 11.1. The van der Waals surface area contributed by atoms with Gasteiger partial charge in [-0.05, 0) is 19.8 Å². The molecular formula is C12H13F3N2O3S. The monoisotopic (exact) mass is 322 g/mol. The summed E-state index contributed by atoms with van der Waals surface area (Å²) >= 11 is 0.355. The minimum atomic E-state index is -4.64. The molecule has 1 aliphatic rings. The van der Waals surface area contributed by atoms with Gasteiger partial charge in [0.15, 0.2) is 5.69 Å². The number of hydrogen-bond donors (Lipinski definition) is 1. The molecule has 21 heavy (non-hydrogen) atoms. The number of rotatable bonds is 2. The van der Waals surface area contributed by atoms with Crippen LogP contribution in [0.4, 0.5) is 13.2 Å². The Kier molecular flexibility index (Phi) is 3.96. The normalized spacial score (nSPS) is 23.1. The first kappa shape index (κ1) is 15.7. The summed E-state index contributed by atoms with van der Waals surface area (Å²) in [6.07, 6.45) is -3.83. The van der Waals surface area contributed by atoms with E-state index in [9.17, 15) is 27.9 Å². The van der Waals surface area contributed by atoms with E-state index in [0.29, 0.717) is 24.2 Å². The highest BCUT2D eigenvalue weighted by Crippen LogP contribution is 2.36. The van der Waals surface area contributed by atoms with Crippen LogP contribution in [0.1, 0.15) is 35.1 Å². The van der Waals surface area contributed by atoms with Crippen LogP contribution in [0.5, 0.6) is 0 Å². The first-order valence-corrected chi connectivity index (χ1v) is 7.06. The lowest BCUT2D eigenvalue weighted by atomic mass is 9.82. The van der Waals surface area contributed by atoms with Crippen LogP contribution in [-0.4, -0.2) is 40.0 Å². The first-order chi connectivity index (χ1) is 9.65. The van der Waals surface area contributed by atoms with Gasteiger partial charge >= 0.3 is 12.1 Å². The molecule has 2 heterocycles. The number of thiazole rings is 1. The second kappa shape index (κ2) is 5.28. The van der Waals surface area contributed by atoms with Crippen molar-refractivity contribution in [2.45, 2.75) is 25.9 Å². The molecule has 2 rings (SSSR count). The van der Waals surface area contributed by atoms with Gasteiger partial charge in [0.25, 0.3) is 5.91 Å². The molecule has 1 N–H and O–H groups in total. The number of hydrogen-bond acceptors (Lipinski definition) is 4. The van der Waals surface area contributed by atoms with Crippen molar-refractivity contribution >= 4 is 23.2 Å². The molecule has 9 heteroatoms. The molecule has 1 aromatic heterocycles. The number of amides is 1. The number of aliphatic carboxylic acids is 1. The predicted molar refractivity (Wildman–Crippen MR) is 68.0 cm³/mol. The maximum atomic E-state index is 12.8. The van der Waals surface area contributed by atoms with E-state index < -0.39 is 34.0 Å². The SMILES string of the molecule is CC1(C(=O)O)CCCN(C(=O)c2ncsc2C(F)(F)F)C1. The molecule has 5 nitrogen and oxygen atoms in total.